The molecule has 0 aliphatic carbocycles. The second-order valence-corrected chi connectivity index (χ2v) is 5.64. The van der Waals surface area contributed by atoms with Crippen molar-refractivity contribution in [3.63, 3.8) is 0 Å². The topological polar surface area (TPSA) is 38.3 Å². The molecule has 2 aromatic rings. The van der Waals surface area contributed by atoms with Gasteiger partial charge in [-0.1, -0.05) is 52.5 Å². The van der Waals surface area contributed by atoms with Gasteiger partial charge in [0, 0.05) is 11.1 Å². The van der Waals surface area contributed by atoms with E-state index in [1.165, 1.54) is 6.07 Å². The number of benzene rings is 2. The predicted molar refractivity (Wildman–Crippen MR) is 87.0 cm³/mol. The van der Waals surface area contributed by atoms with Crippen molar-refractivity contribution in [1.29, 1.82) is 0 Å². The minimum absolute atomic E-state index is 0.233. The van der Waals surface area contributed by atoms with Crippen LogP contribution in [-0.4, -0.2) is 12.5 Å². The maximum Gasteiger partial charge on any atom is 0.262 e. The van der Waals surface area contributed by atoms with E-state index in [1.54, 1.807) is 30.3 Å². The maximum atomic E-state index is 11.8. The van der Waals surface area contributed by atoms with Gasteiger partial charge >= 0.3 is 0 Å². The molecule has 0 bridgehead atoms. The molecule has 0 saturated carbocycles. The lowest BCUT2D eigenvalue weighted by atomic mass is 10.3. The molecule has 0 heterocycles. The van der Waals surface area contributed by atoms with Crippen molar-refractivity contribution < 1.29 is 9.53 Å². The van der Waals surface area contributed by atoms with Crippen LogP contribution in [0.4, 0.5) is 5.69 Å². The Hall–Kier alpha value is -1.13. The summed E-state index contributed by atoms with van der Waals surface area (Å²) in [5.74, 6) is -0.0632. The number of carbonyl (C=O) groups excluding carboxylic acids is 1. The zero-order valence-electron chi connectivity index (χ0n) is 10.5. The van der Waals surface area contributed by atoms with E-state index < -0.39 is 5.91 Å². The molecule has 3 nitrogen and oxygen atoms in total. The number of rotatable bonds is 4. The van der Waals surface area contributed by atoms with E-state index in [1.807, 2.05) is 0 Å². The minimum Gasteiger partial charge on any atom is -0.482 e. The molecule has 0 radical (unpaired) electrons. The Kier molecular flexibility index (Phi) is 5.59. The van der Waals surface area contributed by atoms with Crippen molar-refractivity contribution in [2.45, 2.75) is 0 Å². The van der Waals surface area contributed by atoms with E-state index >= 15 is 0 Å². The number of hydrogen-bond donors (Lipinski definition) is 1. The van der Waals surface area contributed by atoms with Crippen molar-refractivity contribution in [3.05, 3.63) is 56.5 Å². The van der Waals surface area contributed by atoms with E-state index in [2.05, 4.69) is 5.32 Å². The molecule has 1 N–H and O–H groups in total. The van der Waals surface area contributed by atoms with E-state index in [-0.39, 0.29) is 11.6 Å². The highest BCUT2D eigenvalue weighted by Gasteiger charge is 2.10. The van der Waals surface area contributed by atoms with E-state index in [0.717, 1.165) is 0 Å². The molecule has 21 heavy (non-hydrogen) atoms. The summed E-state index contributed by atoms with van der Waals surface area (Å²) in [6.07, 6.45) is 0. The average Bonchev–Trinajstić information content (AvgIpc) is 2.45. The zero-order chi connectivity index (χ0) is 15.4. The third kappa shape index (κ3) is 4.42. The first-order valence-electron chi connectivity index (χ1n) is 5.79. The van der Waals surface area contributed by atoms with Gasteiger partial charge in [0.25, 0.3) is 5.91 Å². The third-order valence-corrected chi connectivity index (χ3v) is 3.84. The average molecular weight is 365 g/mol. The van der Waals surface area contributed by atoms with Gasteiger partial charge in [0.15, 0.2) is 6.61 Å². The molecule has 0 spiro atoms. The second kappa shape index (κ2) is 7.23. The fourth-order valence-corrected chi connectivity index (χ4v) is 2.20. The molecule has 7 heteroatoms. The summed E-state index contributed by atoms with van der Waals surface area (Å²) in [5, 5.41) is 4.06. The summed E-state index contributed by atoms with van der Waals surface area (Å²) in [6.45, 7) is -0.233. The fourth-order valence-electron chi connectivity index (χ4n) is 1.52. The molecule has 0 aromatic heterocycles. The van der Waals surface area contributed by atoms with E-state index in [0.29, 0.717) is 26.5 Å². The zero-order valence-corrected chi connectivity index (χ0v) is 13.5. The van der Waals surface area contributed by atoms with Gasteiger partial charge in [0.2, 0.25) is 0 Å². The molecule has 2 aromatic carbocycles. The summed E-state index contributed by atoms with van der Waals surface area (Å²) < 4.78 is 5.32. The van der Waals surface area contributed by atoms with Crippen molar-refractivity contribution in [2.75, 3.05) is 11.9 Å². The number of halogens is 4. The van der Waals surface area contributed by atoms with Crippen molar-refractivity contribution in [1.82, 2.24) is 0 Å². The third-order valence-electron chi connectivity index (χ3n) is 2.48. The Morgan fingerprint density at radius 1 is 1.05 bits per heavy atom. The monoisotopic (exact) mass is 363 g/mol. The molecule has 0 unspecified atom stereocenters. The van der Waals surface area contributed by atoms with Gasteiger partial charge in [-0.25, -0.2) is 0 Å². The summed E-state index contributed by atoms with van der Waals surface area (Å²) >= 11 is 23.6. The number of nitrogens with one attached hydrogen (secondary N) is 1. The van der Waals surface area contributed by atoms with Gasteiger partial charge in [-0.15, -0.1) is 0 Å². The minimum atomic E-state index is -0.393. The highest BCUT2D eigenvalue weighted by molar-refractivity contribution is 6.44. The van der Waals surface area contributed by atoms with Crippen molar-refractivity contribution >= 4 is 58.0 Å². The van der Waals surface area contributed by atoms with E-state index in [9.17, 15) is 4.79 Å². The Morgan fingerprint density at radius 2 is 1.81 bits per heavy atom. The van der Waals surface area contributed by atoms with E-state index in [4.69, 9.17) is 51.1 Å². The van der Waals surface area contributed by atoms with Crippen LogP contribution in [0.2, 0.25) is 20.1 Å². The normalized spacial score (nSPS) is 10.3. The van der Waals surface area contributed by atoms with Gasteiger partial charge in [0.1, 0.15) is 5.75 Å². The first-order valence-corrected chi connectivity index (χ1v) is 7.30. The molecule has 0 aliphatic heterocycles. The molecule has 2 rings (SSSR count). The molecule has 0 saturated heterocycles. The number of ether oxygens (including phenoxy) is 1. The molecule has 1 amide bonds. The molecule has 0 fully saturated rings. The summed E-state index contributed by atoms with van der Waals surface area (Å²) in [6, 6.07) is 9.69. The number of carbonyl (C=O) groups is 1. The van der Waals surface area contributed by atoms with Crippen LogP contribution in [0.3, 0.4) is 0 Å². The molecular weight excluding hydrogens is 356 g/mol. The van der Waals surface area contributed by atoms with Crippen LogP contribution in [0.1, 0.15) is 0 Å². The highest BCUT2D eigenvalue weighted by atomic mass is 35.5. The quantitative estimate of drug-likeness (QED) is 0.797. The van der Waals surface area contributed by atoms with Crippen LogP contribution in [0, 0.1) is 0 Å². The van der Waals surface area contributed by atoms with Gasteiger partial charge in [-0.3, -0.25) is 4.79 Å². The first kappa shape index (κ1) is 16.2. The SMILES string of the molecule is O=C(COc1cc(Cl)ccc1Cl)Nc1cccc(Cl)c1Cl. The Labute approximate surface area is 141 Å². The lowest BCUT2D eigenvalue weighted by Gasteiger charge is -2.10. The summed E-state index contributed by atoms with van der Waals surface area (Å²) in [7, 11) is 0. The molecule has 0 atom stereocenters. The predicted octanol–water partition coefficient (Wildman–Crippen LogP) is 5.32. The smallest absolute Gasteiger partial charge is 0.262 e. The molecule has 0 aliphatic rings. The number of anilines is 1. The van der Waals surface area contributed by atoms with Gasteiger partial charge < -0.3 is 10.1 Å². The van der Waals surface area contributed by atoms with Gasteiger partial charge in [0.05, 0.1) is 20.8 Å². The van der Waals surface area contributed by atoms with Crippen LogP contribution < -0.4 is 10.1 Å². The molecule has 110 valence electrons. The molecular formula is C14H9Cl4NO2. The maximum absolute atomic E-state index is 11.8. The second-order valence-electron chi connectivity index (χ2n) is 4.01. The standard InChI is InChI=1S/C14H9Cl4NO2/c15-8-4-5-9(16)12(6-8)21-7-13(20)19-11-3-1-2-10(17)14(11)18/h1-6H,7H2,(H,19,20). The lowest BCUT2D eigenvalue weighted by molar-refractivity contribution is -0.118. The summed E-state index contributed by atoms with van der Waals surface area (Å²) in [4.78, 5) is 11.8. The number of amides is 1. The van der Waals surface area contributed by atoms with Crippen molar-refractivity contribution in [2.24, 2.45) is 0 Å². The summed E-state index contributed by atoms with van der Waals surface area (Å²) in [5.41, 5.74) is 0.412. The van der Waals surface area contributed by atoms with Crippen LogP contribution >= 0.6 is 46.4 Å². The largest absolute Gasteiger partial charge is 0.482 e. The fraction of sp³-hybridized carbons (Fsp3) is 0.0714. The Balaban J connectivity index is 1.99. The van der Waals surface area contributed by atoms with Crippen LogP contribution in [-0.2, 0) is 4.79 Å². The first-order chi connectivity index (χ1) is 9.97. The van der Waals surface area contributed by atoms with Gasteiger partial charge in [-0.05, 0) is 24.3 Å². The Morgan fingerprint density at radius 3 is 2.57 bits per heavy atom. The van der Waals surface area contributed by atoms with Crippen LogP contribution in [0.15, 0.2) is 36.4 Å². The lowest BCUT2D eigenvalue weighted by Crippen LogP contribution is -2.20. The van der Waals surface area contributed by atoms with Crippen molar-refractivity contribution in [3.8, 4) is 5.75 Å². The van der Waals surface area contributed by atoms with Crippen LogP contribution in [0.5, 0.6) is 5.75 Å². The highest BCUT2D eigenvalue weighted by Crippen LogP contribution is 2.30. The number of hydrogen-bond acceptors (Lipinski definition) is 2. The van der Waals surface area contributed by atoms with Gasteiger partial charge in [-0.2, -0.15) is 0 Å². The van der Waals surface area contributed by atoms with Crippen LogP contribution in [0.25, 0.3) is 0 Å². The Bertz CT molecular complexity index is 676.